The van der Waals surface area contributed by atoms with E-state index >= 15 is 0 Å². The lowest BCUT2D eigenvalue weighted by Gasteiger charge is -2.14. The second kappa shape index (κ2) is 7.10. The smallest absolute Gasteiger partial charge is 0.178 e. The maximum Gasteiger partial charge on any atom is 0.178 e. The second-order valence-corrected chi connectivity index (χ2v) is 7.61. The fourth-order valence-electron chi connectivity index (χ4n) is 2.33. The first-order valence-corrected chi connectivity index (χ1v) is 9.13. The van der Waals surface area contributed by atoms with Crippen molar-refractivity contribution in [1.29, 1.82) is 0 Å². The van der Waals surface area contributed by atoms with Gasteiger partial charge in [-0.2, -0.15) is 0 Å². The molecule has 0 spiro atoms. The van der Waals surface area contributed by atoms with Crippen LogP contribution in [0.25, 0.3) is 0 Å². The van der Waals surface area contributed by atoms with Crippen LogP contribution >= 0.6 is 11.6 Å². The minimum Gasteiger partial charge on any atom is -0.224 e. The Kier molecular flexibility index (Phi) is 5.43. The summed E-state index contributed by atoms with van der Waals surface area (Å²) < 4.78 is 24.7. The number of hydrogen-bond acceptors (Lipinski definition) is 2. The molecular weight excluding hydrogens is 304 g/mol. The lowest BCUT2D eigenvalue weighted by atomic mass is 10.0. The van der Waals surface area contributed by atoms with Gasteiger partial charge in [0, 0.05) is 0 Å². The highest BCUT2D eigenvalue weighted by molar-refractivity contribution is 7.91. The molecular formula is C17H19ClO2S. The van der Waals surface area contributed by atoms with Crippen LogP contribution in [0, 0.1) is 0 Å². The van der Waals surface area contributed by atoms with E-state index in [1.54, 1.807) is 12.1 Å². The topological polar surface area (TPSA) is 34.1 Å². The summed E-state index contributed by atoms with van der Waals surface area (Å²) >= 11 is 6.45. The Morgan fingerprint density at radius 3 is 2.29 bits per heavy atom. The molecule has 0 heterocycles. The molecule has 0 saturated carbocycles. The van der Waals surface area contributed by atoms with Crippen LogP contribution in [0.1, 0.15) is 29.8 Å². The first kappa shape index (κ1) is 16.1. The van der Waals surface area contributed by atoms with Crippen LogP contribution < -0.4 is 0 Å². The highest BCUT2D eigenvalue weighted by Crippen LogP contribution is 2.28. The van der Waals surface area contributed by atoms with Gasteiger partial charge in [-0.3, -0.25) is 0 Å². The molecule has 2 rings (SSSR count). The van der Waals surface area contributed by atoms with Gasteiger partial charge >= 0.3 is 0 Å². The predicted molar refractivity (Wildman–Crippen MR) is 87.5 cm³/mol. The van der Waals surface area contributed by atoms with Crippen LogP contribution in [0.3, 0.4) is 0 Å². The molecule has 0 aliphatic heterocycles. The zero-order valence-electron chi connectivity index (χ0n) is 12.0. The molecule has 0 amide bonds. The van der Waals surface area contributed by atoms with E-state index < -0.39 is 9.84 Å². The number of halogens is 1. The third-order valence-corrected chi connectivity index (χ3v) is 5.76. The van der Waals surface area contributed by atoms with Crippen LogP contribution in [0.4, 0.5) is 0 Å². The SMILES string of the molecule is CCCS(=O)(=O)c1ccccc1CC(Cl)c1ccccc1. The maximum atomic E-state index is 12.3. The van der Waals surface area contributed by atoms with Crippen molar-refractivity contribution in [2.24, 2.45) is 0 Å². The Bertz CT molecular complexity index is 681. The zero-order chi connectivity index (χ0) is 15.3. The van der Waals surface area contributed by atoms with E-state index in [1.165, 1.54) is 0 Å². The summed E-state index contributed by atoms with van der Waals surface area (Å²) in [6.45, 7) is 1.87. The fourth-order valence-corrected chi connectivity index (χ4v) is 4.23. The van der Waals surface area contributed by atoms with E-state index in [4.69, 9.17) is 11.6 Å². The molecule has 0 N–H and O–H groups in total. The number of sulfone groups is 1. The number of hydrogen-bond donors (Lipinski definition) is 0. The molecule has 0 fully saturated rings. The molecule has 4 heteroatoms. The van der Waals surface area contributed by atoms with Crippen molar-refractivity contribution in [1.82, 2.24) is 0 Å². The van der Waals surface area contributed by atoms with Crippen molar-refractivity contribution < 1.29 is 8.42 Å². The molecule has 21 heavy (non-hydrogen) atoms. The average Bonchev–Trinajstić information content (AvgIpc) is 2.48. The molecule has 0 saturated heterocycles. The minimum atomic E-state index is -3.23. The summed E-state index contributed by atoms with van der Waals surface area (Å²) in [6, 6.07) is 16.9. The molecule has 112 valence electrons. The fraction of sp³-hybridized carbons (Fsp3) is 0.294. The van der Waals surface area contributed by atoms with Crippen LogP contribution in [-0.2, 0) is 16.3 Å². The summed E-state index contributed by atoms with van der Waals surface area (Å²) in [5.74, 6) is 0.169. The van der Waals surface area contributed by atoms with Crippen molar-refractivity contribution >= 4 is 21.4 Å². The van der Waals surface area contributed by atoms with E-state index in [1.807, 2.05) is 49.4 Å². The van der Waals surface area contributed by atoms with Crippen LogP contribution in [0.2, 0.25) is 0 Å². The third kappa shape index (κ3) is 4.08. The lowest BCUT2D eigenvalue weighted by Crippen LogP contribution is -2.10. The summed E-state index contributed by atoms with van der Waals surface area (Å²) in [4.78, 5) is 0.411. The van der Waals surface area contributed by atoms with Gasteiger partial charge < -0.3 is 0 Å². The van der Waals surface area contributed by atoms with Gasteiger partial charge in [-0.15, -0.1) is 11.6 Å². The van der Waals surface area contributed by atoms with Crippen molar-refractivity contribution in [2.45, 2.75) is 30.0 Å². The summed E-state index contributed by atoms with van der Waals surface area (Å²) in [5, 5.41) is -0.232. The zero-order valence-corrected chi connectivity index (χ0v) is 13.6. The van der Waals surface area contributed by atoms with Crippen molar-refractivity contribution in [3.8, 4) is 0 Å². The molecule has 2 aromatic rings. The summed E-state index contributed by atoms with van der Waals surface area (Å²) in [7, 11) is -3.23. The maximum absolute atomic E-state index is 12.3. The van der Waals surface area contributed by atoms with E-state index in [0.717, 1.165) is 11.1 Å². The summed E-state index contributed by atoms with van der Waals surface area (Å²) in [5.41, 5.74) is 1.79. The highest BCUT2D eigenvalue weighted by atomic mass is 35.5. The summed E-state index contributed by atoms with van der Waals surface area (Å²) in [6.07, 6.45) is 1.12. The second-order valence-electron chi connectivity index (χ2n) is 5.01. The minimum absolute atomic E-state index is 0.169. The first-order valence-electron chi connectivity index (χ1n) is 7.04. The Balaban J connectivity index is 2.29. The van der Waals surface area contributed by atoms with E-state index in [2.05, 4.69) is 0 Å². The molecule has 0 aromatic heterocycles. The Hall–Kier alpha value is -1.32. The first-order chi connectivity index (χ1) is 10.0. The van der Waals surface area contributed by atoms with Gasteiger partial charge in [0.25, 0.3) is 0 Å². The van der Waals surface area contributed by atoms with E-state index in [9.17, 15) is 8.42 Å². The van der Waals surface area contributed by atoms with Crippen LogP contribution in [-0.4, -0.2) is 14.2 Å². The van der Waals surface area contributed by atoms with E-state index in [-0.39, 0.29) is 11.1 Å². The molecule has 0 aliphatic carbocycles. The Morgan fingerprint density at radius 1 is 1.00 bits per heavy atom. The van der Waals surface area contributed by atoms with Gasteiger partial charge in [0.05, 0.1) is 16.0 Å². The third-order valence-electron chi connectivity index (χ3n) is 3.34. The Morgan fingerprint density at radius 2 is 1.62 bits per heavy atom. The molecule has 0 radical (unpaired) electrons. The van der Waals surface area contributed by atoms with E-state index in [0.29, 0.717) is 17.7 Å². The number of rotatable bonds is 6. The highest BCUT2D eigenvalue weighted by Gasteiger charge is 2.19. The van der Waals surface area contributed by atoms with Gasteiger partial charge in [0.15, 0.2) is 9.84 Å². The standard InChI is InChI=1S/C17H19ClO2S/c1-2-12-21(19,20)17-11-7-6-10-15(17)13-16(18)14-8-4-3-5-9-14/h3-11,16H,2,12-13H2,1H3. The molecule has 2 aromatic carbocycles. The van der Waals surface area contributed by atoms with Gasteiger partial charge in [0.2, 0.25) is 0 Å². The van der Waals surface area contributed by atoms with Gasteiger partial charge in [0.1, 0.15) is 0 Å². The molecule has 2 nitrogen and oxygen atoms in total. The van der Waals surface area contributed by atoms with Crippen LogP contribution in [0.15, 0.2) is 59.5 Å². The largest absolute Gasteiger partial charge is 0.224 e. The predicted octanol–water partition coefficient (Wildman–Crippen LogP) is 4.39. The van der Waals surface area contributed by atoms with Gasteiger partial charge in [-0.1, -0.05) is 55.5 Å². The molecule has 1 unspecified atom stereocenters. The molecule has 0 bridgehead atoms. The quantitative estimate of drug-likeness (QED) is 0.739. The van der Waals surface area contributed by atoms with Crippen molar-refractivity contribution in [3.63, 3.8) is 0 Å². The average molecular weight is 323 g/mol. The number of benzene rings is 2. The number of alkyl halides is 1. The van der Waals surface area contributed by atoms with Gasteiger partial charge in [-0.05, 0) is 30.0 Å². The lowest BCUT2D eigenvalue weighted by molar-refractivity contribution is 0.593. The Labute approximate surface area is 131 Å². The van der Waals surface area contributed by atoms with Gasteiger partial charge in [-0.25, -0.2) is 8.42 Å². The molecule has 0 aliphatic rings. The monoisotopic (exact) mass is 322 g/mol. The van der Waals surface area contributed by atoms with Crippen molar-refractivity contribution in [2.75, 3.05) is 5.75 Å². The van der Waals surface area contributed by atoms with Crippen molar-refractivity contribution in [3.05, 3.63) is 65.7 Å². The normalized spacial score (nSPS) is 13.0. The van der Waals surface area contributed by atoms with Crippen LogP contribution in [0.5, 0.6) is 0 Å². The molecule has 1 atom stereocenters.